The molecule has 0 aromatic carbocycles. The van der Waals surface area contributed by atoms with E-state index in [1.807, 2.05) is 6.20 Å². The fourth-order valence-electron chi connectivity index (χ4n) is 1.87. The molecule has 2 aromatic heterocycles. The van der Waals surface area contributed by atoms with Gasteiger partial charge in [0.2, 0.25) is 0 Å². The zero-order valence-electron chi connectivity index (χ0n) is 9.76. The van der Waals surface area contributed by atoms with E-state index in [1.165, 1.54) is 10.9 Å². The summed E-state index contributed by atoms with van der Waals surface area (Å²) in [5.41, 5.74) is 3.45. The lowest BCUT2D eigenvalue weighted by Crippen LogP contribution is -2.14. The molecule has 2 rings (SSSR count). The average Bonchev–Trinajstić information content (AvgIpc) is 2.58. The van der Waals surface area contributed by atoms with Gasteiger partial charge in [-0.1, -0.05) is 27.7 Å². The summed E-state index contributed by atoms with van der Waals surface area (Å²) in [6.07, 6.45) is 4.68. The highest BCUT2D eigenvalue weighted by Gasteiger charge is 2.21. The molecule has 0 saturated heterocycles. The fraction of sp³-hybridized carbons (Fsp3) is 0.500. The van der Waals surface area contributed by atoms with E-state index < -0.39 is 0 Å². The van der Waals surface area contributed by atoms with Gasteiger partial charge in [-0.25, -0.2) is 9.97 Å². The summed E-state index contributed by atoms with van der Waals surface area (Å²) in [5.74, 6) is 0. The van der Waals surface area contributed by atoms with Gasteiger partial charge in [0.1, 0.15) is 12.0 Å². The third kappa shape index (κ3) is 1.62. The van der Waals surface area contributed by atoms with Crippen LogP contribution in [0.2, 0.25) is 0 Å². The Hall–Kier alpha value is -1.38. The SMILES string of the molecule is CCc1c[nH]c2ncnc(C(C)(C)C)c12. The van der Waals surface area contributed by atoms with Gasteiger partial charge in [-0.05, 0) is 12.0 Å². The van der Waals surface area contributed by atoms with E-state index in [2.05, 4.69) is 42.6 Å². The molecule has 2 heterocycles. The Bertz CT molecular complexity index is 477. The van der Waals surface area contributed by atoms with Gasteiger partial charge in [0, 0.05) is 17.0 Å². The molecule has 0 aliphatic carbocycles. The summed E-state index contributed by atoms with van der Waals surface area (Å²) in [5, 5.41) is 1.20. The van der Waals surface area contributed by atoms with Gasteiger partial charge in [0.25, 0.3) is 0 Å². The molecular formula is C12H17N3. The van der Waals surface area contributed by atoms with Crippen LogP contribution in [0.15, 0.2) is 12.5 Å². The maximum atomic E-state index is 4.43. The molecule has 0 atom stereocenters. The maximum absolute atomic E-state index is 4.43. The van der Waals surface area contributed by atoms with Crippen LogP contribution >= 0.6 is 0 Å². The number of hydrogen-bond acceptors (Lipinski definition) is 2. The van der Waals surface area contributed by atoms with Crippen molar-refractivity contribution in [3.63, 3.8) is 0 Å². The van der Waals surface area contributed by atoms with Crippen molar-refractivity contribution in [2.24, 2.45) is 0 Å². The summed E-state index contributed by atoms with van der Waals surface area (Å²) >= 11 is 0. The molecule has 0 amide bonds. The lowest BCUT2D eigenvalue weighted by Gasteiger charge is -2.18. The summed E-state index contributed by atoms with van der Waals surface area (Å²) in [6.45, 7) is 8.70. The highest BCUT2D eigenvalue weighted by molar-refractivity contribution is 5.82. The Morgan fingerprint density at radius 2 is 2.00 bits per heavy atom. The fourth-order valence-corrected chi connectivity index (χ4v) is 1.87. The molecule has 0 fully saturated rings. The van der Waals surface area contributed by atoms with Crippen molar-refractivity contribution in [3.8, 4) is 0 Å². The zero-order chi connectivity index (χ0) is 11.1. The highest BCUT2D eigenvalue weighted by Crippen LogP contribution is 2.29. The summed E-state index contributed by atoms with van der Waals surface area (Å²) in [7, 11) is 0. The van der Waals surface area contributed by atoms with Crippen LogP contribution in [0.5, 0.6) is 0 Å². The number of fused-ring (bicyclic) bond motifs is 1. The van der Waals surface area contributed by atoms with Crippen molar-refractivity contribution in [1.82, 2.24) is 15.0 Å². The van der Waals surface area contributed by atoms with E-state index in [4.69, 9.17) is 0 Å². The molecule has 3 heteroatoms. The van der Waals surface area contributed by atoms with Gasteiger partial charge in [-0.2, -0.15) is 0 Å². The second-order valence-electron chi connectivity index (χ2n) is 4.86. The first kappa shape index (κ1) is 10.1. The first-order valence-corrected chi connectivity index (χ1v) is 5.35. The summed E-state index contributed by atoms with van der Waals surface area (Å²) < 4.78 is 0. The van der Waals surface area contributed by atoms with Crippen LogP contribution < -0.4 is 0 Å². The molecule has 2 aromatic rings. The van der Waals surface area contributed by atoms with Crippen LogP contribution in [0.1, 0.15) is 39.0 Å². The van der Waals surface area contributed by atoms with Crippen molar-refractivity contribution < 1.29 is 0 Å². The number of nitrogens with zero attached hydrogens (tertiary/aromatic N) is 2. The molecule has 0 spiro atoms. The van der Waals surface area contributed by atoms with Crippen molar-refractivity contribution in [3.05, 3.63) is 23.8 Å². The molecule has 0 saturated carbocycles. The van der Waals surface area contributed by atoms with Gasteiger partial charge in [0.15, 0.2) is 0 Å². The Balaban J connectivity index is 2.78. The van der Waals surface area contributed by atoms with Crippen LogP contribution in [0.3, 0.4) is 0 Å². The number of aromatic amines is 1. The van der Waals surface area contributed by atoms with Gasteiger partial charge in [-0.3, -0.25) is 0 Å². The van der Waals surface area contributed by atoms with Crippen LogP contribution in [0, 0.1) is 0 Å². The highest BCUT2D eigenvalue weighted by atomic mass is 14.9. The number of aryl methyl sites for hydroxylation is 1. The first-order valence-electron chi connectivity index (χ1n) is 5.35. The van der Waals surface area contributed by atoms with Crippen LogP contribution in [-0.2, 0) is 11.8 Å². The van der Waals surface area contributed by atoms with Crippen molar-refractivity contribution >= 4 is 11.0 Å². The second kappa shape index (κ2) is 3.33. The van der Waals surface area contributed by atoms with Crippen molar-refractivity contribution in [1.29, 1.82) is 0 Å². The van der Waals surface area contributed by atoms with Gasteiger partial charge >= 0.3 is 0 Å². The number of aromatic nitrogens is 3. The molecule has 0 aliphatic rings. The molecule has 80 valence electrons. The van der Waals surface area contributed by atoms with Crippen molar-refractivity contribution in [2.75, 3.05) is 0 Å². The summed E-state index contributed by atoms with van der Waals surface area (Å²) in [4.78, 5) is 11.9. The minimum absolute atomic E-state index is 0.0628. The maximum Gasteiger partial charge on any atom is 0.141 e. The molecule has 15 heavy (non-hydrogen) atoms. The monoisotopic (exact) mass is 203 g/mol. The van der Waals surface area contributed by atoms with E-state index in [9.17, 15) is 0 Å². The molecule has 3 nitrogen and oxygen atoms in total. The predicted octanol–water partition coefficient (Wildman–Crippen LogP) is 2.82. The smallest absolute Gasteiger partial charge is 0.141 e. The van der Waals surface area contributed by atoms with Gasteiger partial charge in [0.05, 0.1) is 5.69 Å². The Morgan fingerprint density at radius 3 is 2.60 bits per heavy atom. The number of hydrogen-bond donors (Lipinski definition) is 1. The molecule has 0 bridgehead atoms. The van der Waals surface area contributed by atoms with Gasteiger partial charge in [-0.15, -0.1) is 0 Å². The first-order chi connectivity index (χ1) is 7.04. The largest absolute Gasteiger partial charge is 0.346 e. The normalized spacial score (nSPS) is 12.3. The molecule has 0 radical (unpaired) electrons. The lowest BCUT2D eigenvalue weighted by atomic mass is 9.89. The lowest BCUT2D eigenvalue weighted by molar-refractivity contribution is 0.573. The number of nitrogens with one attached hydrogen (secondary N) is 1. The number of rotatable bonds is 1. The number of H-pyrrole nitrogens is 1. The Labute approximate surface area is 90.0 Å². The molecule has 0 unspecified atom stereocenters. The van der Waals surface area contributed by atoms with Crippen LogP contribution in [-0.4, -0.2) is 15.0 Å². The minimum atomic E-state index is 0.0628. The Kier molecular flexibility index (Phi) is 2.25. The zero-order valence-corrected chi connectivity index (χ0v) is 9.76. The third-order valence-electron chi connectivity index (χ3n) is 2.64. The Morgan fingerprint density at radius 1 is 1.27 bits per heavy atom. The minimum Gasteiger partial charge on any atom is -0.346 e. The standard InChI is InChI=1S/C12H17N3/c1-5-8-6-13-11-9(8)10(12(2,3)4)14-7-15-11/h6-7H,5H2,1-4H3,(H,13,14,15). The van der Waals surface area contributed by atoms with E-state index in [0.29, 0.717) is 0 Å². The van der Waals surface area contributed by atoms with E-state index in [0.717, 1.165) is 17.8 Å². The van der Waals surface area contributed by atoms with E-state index in [1.54, 1.807) is 6.33 Å². The van der Waals surface area contributed by atoms with E-state index in [-0.39, 0.29) is 5.41 Å². The average molecular weight is 203 g/mol. The molecular weight excluding hydrogens is 186 g/mol. The predicted molar refractivity (Wildman–Crippen MR) is 62.0 cm³/mol. The van der Waals surface area contributed by atoms with Crippen molar-refractivity contribution in [2.45, 2.75) is 39.5 Å². The van der Waals surface area contributed by atoms with E-state index >= 15 is 0 Å². The van der Waals surface area contributed by atoms with Gasteiger partial charge < -0.3 is 4.98 Å². The summed E-state index contributed by atoms with van der Waals surface area (Å²) in [6, 6.07) is 0. The quantitative estimate of drug-likeness (QED) is 0.774. The topological polar surface area (TPSA) is 41.6 Å². The third-order valence-corrected chi connectivity index (χ3v) is 2.64. The van der Waals surface area contributed by atoms with Crippen LogP contribution in [0.4, 0.5) is 0 Å². The second-order valence-corrected chi connectivity index (χ2v) is 4.86. The van der Waals surface area contributed by atoms with Crippen LogP contribution in [0.25, 0.3) is 11.0 Å². The molecule has 1 N–H and O–H groups in total. The molecule has 0 aliphatic heterocycles.